The van der Waals surface area contributed by atoms with Crippen LogP contribution in [0.15, 0.2) is 187 Å². The normalized spacial score (nSPS) is 12.0. The van der Waals surface area contributed by atoms with E-state index in [1.54, 1.807) is 12.3 Å². The number of hydrogen-bond acceptors (Lipinski definition) is 2. The molecule has 1 aromatic heterocycles. The molecule has 0 saturated carbocycles. The molecule has 0 N–H and O–H groups in total. The van der Waals surface area contributed by atoms with Gasteiger partial charge in [-0.3, -0.25) is 9.98 Å². The maximum absolute atomic E-state index is 4.80. The predicted molar refractivity (Wildman–Crippen MR) is 281 cm³/mol. The van der Waals surface area contributed by atoms with E-state index in [9.17, 15) is 0 Å². The van der Waals surface area contributed by atoms with Crippen LogP contribution in [0.4, 0.5) is 5.69 Å². The largest absolute Gasteiger partial charge is 0.265 e. The van der Waals surface area contributed by atoms with E-state index in [1.165, 1.54) is 94.9 Å². The van der Waals surface area contributed by atoms with Crippen LogP contribution < -0.4 is 0 Å². The van der Waals surface area contributed by atoms with E-state index in [0.717, 1.165) is 30.3 Å². The van der Waals surface area contributed by atoms with Crippen LogP contribution in [-0.2, 0) is 6.42 Å². The molecular weight excluding hydrogens is 761 g/mol. The summed E-state index contributed by atoms with van der Waals surface area (Å²) < 4.78 is 0. The fraction of sp³-hybridized carbons (Fsp3) is 0.213. The molecule has 0 radical (unpaired) electrons. The molecule has 0 bridgehead atoms. The maximum atomic E-state index is 4.80. The van der Waals surface area contributed by atoms with Gasteiger partial charge in [-0.1, -0.05) is 168 Å². The first-order valence-electron chi connectivity index (χ1n) is 22.9. The molecule has 0 saturated heterocycles. The van der Waals surface area contributed by atoms with Gasteiger partial charge in [0.2, 0.25) is 0 Å². The van der Waals surface area contributed by atoms with Crippen molar-refractivity contribution in [1.29, 1.82) is 0 Å². The number of benzene rings is 6. The lowest BCUT2D eigenvalue weighted by Crippen LogP contribution is -1.94. The summed E-state index contributed by atoms with van der Waals surface area (Å²) in [7, 11) is 0. The quantitative estimate of drug-likeness (QED) is 0.0766. The topological polar surface area (TPSA) is 25.2 Å². The molecule has 2 heteroatoms. The number of aliphatic imine (C=N–C) groups is 1. The molecule has 1 aliphatic carbocycles. The summed E-state index contributed by atoms with van der Waals surface area (Å²) in [6.45, 7) is 22.5. The Balaban J connectivity index is 0.000000683. The molecule has 1 aliphatic rings. The third-order valence-corrected chi connectivity index (χ3v) is 11.0. The van der Waals surface area contributed by atoms with Crippen LogP contribution in [0.2, 0.25) is 0 Å². The zero-order chi connectivity index (χ0) is 45.1. The van der Waals surface area contributed by atoms with Gasteiger partial charge in [-0.25, -0.2) is 0 Å². The van der Waals surface area contributed by atoms with E-state index < -0.39 is 0 Å². The zero-order valence-electron chi connectivity index (χ0n) is 39.2. The molecule has 1 heterocycles. The van der Waals surface area contributed by atoms with Crippen LogP contribution >= 0.6 is 0 Å². The minimum Gasteiger partial charge on any atom is -0.265 e. The molecule has 6 aromatic carbocycles. The third-order valence-electron chi connectivity index (χ3n) is 11.0. The number of allylic oxidation sites excluding steroid dienone is 9. The molecule has 0 fully saturated rings. The molecule has 0 atom stereocenters. The van der Waals surface area contributed by atoms with Crippen LogP contribution in [0.5, 0.6) is 0 Å². The second-order valence-corrected chi connectivity index (χ2v) is 15.4. The van der Waals surface area contributed by atoms with Crippen molar-refractivity contribution < 1.29 is 0 Å². The highest BCUT2D eigenvalue weighted by atomic mass is 14.7. The lowest BCUT2D eigenvalue weighted by Gasteiger charge is -2.17. The van der Waals surface area contributed by atoms with Crippen molar-refractivity contribution in [2.24, 2.45) is 4.99 Å². The van der Waals surface area contributed by atoms with Crippen molar-refractivity contribution >= 4 is 44.6 Å². The van der Waals surface area contributed by atoms with E-state index in [1.807, 2.05) is 40.1 Å². The molecular formula is C61H66N2. The van der Waals surface area contributed by atoms with Gasteiger partial charge in [0.15, 0.2) is 0 Å². The van der Waals surface area contributed by atoms with Gasteiger partial charge >= 0.3 is 0 Å². The van der Waals surface area contributed by atoms with Crippen LogP contribution in [0.1, 0.15) is 96.9 Å². The molecule has 320 valence electrons. The fourth-order valence-electron chi connectivity index (χ4n) is 8.08. The Bertz CT molecular complexity index is 2770. The van der Waals surface area contributed by atoms with Crippen molar-refractivity contribution in [3.8, 4) is 33.4 Å². The molecule has 2 nitrogen and oxygen atoms in total. The monoisotopic (exact) mass is 827 g/mol. The van der Waals surface area contributed by atoms with E-state index in [0.29, 0.717) is 0 Å². The predicted octanol–water partition coefficient (Wildman–Crippen LogP) is 18.4. The number of hydrogen-bond donors (Lipinski definition) is 0. The maximum Gasteiger partial charge on any atom is 0.0743 e. The Labute approximate surface area is 378 Å². The number of aromatic nitrogens is 1. The van der Waals surface area contributed by atoms with Crippen molar-refractivity contribution in [3.05, 3.63) is 205 Å². The Kier molecular flexibility index (Phi) is 18.1. The first kappa shape index (κ1) is 47.4. The van der Waals surface area contributed by atoms with E-state index in [2.05, 4.69) is 198 Å². The SMILES string of the molecule is C=CC=Nc1c(C)c2ccccc2c2cc(-c3cccc(C4=CCCC(c5cccc(-c6cc(C/C=C\C)cc(-c7ccncc7)c6)c5)=C4)c3)ccc12.CC.CC.CCC=C(C)C. The second kappa shape index (κ2) is 24.1. The highest BCUT2D eigenvalue weighted by Crippen LogP contribution is 2.40. The van der Waals surface area contributed by atoms with Gasteiger partial charge in [0.1, 0.15) is 0 Å². The first-order valence-corrected chi connectivity index (χ1v) is 22.9. The lowest BCUT2D eigenvalue weighted by molar-refractivity contribution is 1.06. The molecule has 63 heavy (non-hydrogen) atoms. The summed E-state index contributed by atoms with van der Waals surface area (Å²) in [6, 6.07) is 44.6. The van der Waals surface area contributed by atoms with Crippen LogP contribution in [-0.4, -0.2) is 11.2 Å². The Morgan fingerprint density at radius 3 is 1.94 bits per heavy atom. The number of rotatable bonds is 10. The molecule has 0 unspecified atom stereocenters. The Morgan fingerprint density at radius 2 is 1.27 bits per heavy atom. The minimum atomic E-state index is 0.904. The number of fused-ring (bicyclic) bond motifs is 3. The smallest absolute Gasteiger partial charge is 0.0743 e. The van der Waals surface area contributed by atoms with Crippen LogP contribution in [0.25, 0.3) is 66.1 Å². The lowest BCUT2D eigenvalue weighted by atomic mass is 9.88. The molecule has 8 rings (SSSR count). The standard InChI is InChI=1S/C51H42N2.C6H12.2C2H6/c1-4-6-12-36-28-45(37-23-26-52-27-24-37)33-46(29-36)43-18-11-16-41(32-43)39-14-9-13-38(30-39)40-15-10-17-42(31-40)44-21-22-49-50(34-44)48-20-8-7-19-47(48)35(3)51(49)53-25-5-2;1-4-5-6(2)3;2*1-2/h4-8,10-11,13,15-34H,2,9,12,14H2,1,3H3;5H,4H2,1-3H3;2*1-2H3/b6-4-,53-25?;;;. The number of pyridine rings is 1. The highest BCUT2D eigenvalue weighted by molar-refractivity contribution is 6.15. The third kappa shape index (κ3) is 12.1. The fourth-order valence-corrected chi connectivity index (χ4v) is 8.08. The first-order chi connectivity index (χ1) is 30.9. The molecule has 0 aliphatic heterocycles. The van der Waals surface area contributed by atoms with Gasteiger partial charge in [-0.2, -0.15) is 0 Å². The Hall–Kier alpha value is -6.64. The average Bonchev–Trinajstić information content (AvgIpc) is 3.35. The number of aryl methyl sites for hydroxylation is 1. The zero-order valence-corrected chi connectivity index (χ0v) is 39.2. The summed E-state index contributed by atoms with van der Waals surface area (Å²) in [4.78, 5) is 9.04. The number of nitrogens with zero attached hydrogens (tertiary/aromatic N) is 2. The summed E-state index contributed by atoms with van der Waals surface area (Å²) in [5.74, 6) is 0. The summed E-state index contributed by atoms with van der Waals surface area (Å²) >= 11 is 0. The molecule has 7 aromatic rings. The van der Waals surface area contributed by atoms with E-state index in [-0.39, 0.29) is 0 Å². The van der Waals surface area contributed by atoms with Crippen LogP contribution in [0, 0.1) is 6.92 Å². The van der Waals surface area contributed by atoms with Crippen molar-refractivity contribution in [3.63, 3.8) is 0 Å². The van der Waals surface area contributed by atoms with Gasteiger partial charge in [-0.15, -0.1) is 0 Å². The highest BCUT2D eigenvalue weighted by Gasteiger charge is 2.15. The minimum absolute atomic E-state index is 0.904. The van der Waals surface area contributed by atoms with E-state index >= 15 is 0 Å². The van der Waals surface area contributed by atoms with Crippen molar-refractivity contribution in [2.45, 2.75) is 88.0 Å². The van der Waals surface area contributed by atoms with E-state index in [4.69, 9.17) is 4.99 Å². The summed E-state index contributed by atoms with van der Waals surface area (Å²) in [5, 5.41) is 4.84. The summed E-state index contributed by atoms with van der Waals surface area (Å²) in [6.07, 6.45) is 22.7. The van der Waals surface area contributed by atoms with Gasteiger partial charge in [-0.05, 0) is 173 Å². The molecule has 0 amide bonds. The average molecular weight is 827 g/mol. The molecule has 0 spiro atoms. The van der Waals surface area contributed by atoms with Crippen LogP contribution in [0.3, 0.4) is 0 Å². The summed E-state index contributed by atoms with van der Waals surface area (Å²) in [5.41, 5.74) is 17.3. The Morgan fingerprint density at radius 1 is 0.651 bits per heavy atom. The van der Waals surface area contributed by atoms with Gasteiger partial charge < -0.3 is 0 Å². The van der Waals surface area contributed by atoms with Crippen molar-refractivity contribution in [1.82, 2.24) is 4.98 Å². The van der Waals surface area contributed by atoms with Gasteiger partial charge in [0.25, 0.3) is 0 Å². The van der Waals surface area contributed by atoms with Gasteiger partial charge in [0.05, 0.1) is 5.69 Å². The van der Waals surface area contributed by atoms with Crippen molar-refractivity contribution in [2.75, 3.05) is 0 Å². The van der Waals surface area contributed by atoms with Gasteiger partial charge in [0, 0.05) is 24.0 Å². The second-order valence-electron chi connectivity index (χ2n) is 15.4.